The zero-order valence-corrected chi connectivity index (χ0v) is 14.7. The number of aliphatic hydroxyl groups is 1. The molecule has 5 heteroatoms. The molecule has 1 saturated carbocycles. The van der Waals surface area contributed by atoms with Crippen LogP contribution in [0.5, 0.6) is 0 Å². The molecule has 3 rings (SSSR count). The summed E-state index contributed by atoms with van der Waals surface area (Å²) < 4.78 is 5.88. The van der Waals surface area contributed by atoms with E-state index in [-0.39, 0.29) is 5.91 Å². The van der Waals surface area contributed by atoms with Gasteiger partial charge in [-0.3, -0.25) is 4.79 Å². The number of hydrogen-bond acceptors (Lipinski definition) is 4. The molecule has 1 aliphatic rings. The van der Waals surface area contributed by atoms with E-state index >= 15 is 0 Å². The Morgan fingerprint density at radius 2 is 1.88 bits per heavy atom. The number of nitrogens with zero attached hydrogens (tertiary/aromatic N) is 2. The van der Waals surface area contributed by atoms with Gasteiger partial charge in [-0.1, -0.05) is 31.0 Å². The number of rotatable bonds is 5. The summed E-state index contributed by atoms with van der Waals surface area (Å²) in [7, 11) is 5.69. The van der Waals surface area contributed by atoms with Crippen molar-refractivity contribution in [3.63, 3.8) is 0 Å². The predicted molar refractivity (Wildman–Crippen MR) is 94.0 cm³/mol. The number of para-hydroxylation sites is 1. The third-order valence-electron chi connectivity index (χ3n) is 4.78. The van der Waals surface area contributed by atoms with Gasteiger partial charge in [0.05, 0.1) is 5.60 Å². The van der Waals surface area contributed by atoms with E-state index in [0.717, 1.165) is 42.2 Å². The molecule has 1 aromatic carbocycles. The Labute approximate surface area is 142 Å². The Hall–Kier alpha value is -1.85. The molecule has 1 aliphatic carbocycles. The molecule has 0 radical (unpaired) electrons. The van der Waals surface area contributed by atoms with Crippen LogP contribution >= 0.6 is 0 Å². The van der Waals surface area contributed by atoms with Crippen molar-refractivity contribution in [1.29, 1.82) is 0 Å². The number of furan rings is 1. The molecule has 0 atom stereocenters. The fourth-order valence-corrected chi connectivity index (χ4v) is 3.62. The van der Waals surface area contributed by atoms with Crippen LogP contribution in [0.1, 0.15) is 41.8 Å². The highest BCUT2D eigenvalue weighted by molar-refractivity contribution is 5.99. The molecule has 1 aromatic heterocycles. The second-order valence-electron chi connectivity index (χ2n) is 7.24. The van der Waals surface area contributed by atoms with E-state index in [2.05, 4.69) is 0 Å². The minimum absolute atomic E-state index is 0.164. The molecule has 2 aromatic rings. The Kier molecular flexibility index (Phi) is 4.65. The third-order valence-corrected chi connectivity index (χ3v) is 4.78. The first-order chi connectivity index (χ1) is 11.4. The molecule has 0 spiro atoms. The van der Waals surface area contributed by atoms with Crippen LogP contribution in [-0.4, -0.2) is 54.1 Å². The average molecular weight is 330 g/mol. The molecule has 5 nitrogen and oxygen atoms in total. The predicted octanol–water partition coefficient (Wildman–Crippen LogP) is 2.87. The first-order valence-electron chi connectivity index (χ1n) is 8.53. The molecule has 0 aliphatic heterocycles. The molecule has 0 saturated heterocycles. The fraction of sp³-hybridized carbons (Fsp3) is 0.526. The topological polar surface area (TPSA) is 56.9 Å². The summed E-state index contributed by atoms with van der Waals surface area (Å²) in [6.07, 6.45) is 3.56. The van der Waals surface area contributed by atoms with E-state index < -0.39 is 5.60 Å². The second-order valence-corrected chi connectivity index (χ2v) is 7.24. The van der Waals surface area contributed by atoms with Gasteiger partial charge in [0.2, 0.25) is 0 Å². The highest BCUT2D eigenvalue weighted by Gasteiger charge is 2.35. The van der Waals surface area contributed by atoms with Gasteiger partial charge < -0.3 is 19.3 Å². The van der Waals surface area contributed by atoms with E-state index in [0.29, 0.717) is 18.8 Å². The number of benzene rings is 1. The Bertz CT molecular complexity index is 729. The molecule has 24 heavy (non-hydrogen) atoms. The van der Waals surface area contributed by atoms with Gasteiger partial charge in [0.1, 0.15) is 5.58 Å². The molecule has 0 bridgehead atoms. The molecule has 130 valence electrons. The number of amides is 1. The van der Waals surface area contributed by atoms with Crippen LogP contribution in [0.3, 0.4) is 0 Å². The van der Waals surface area contributed by atoms with Gasteiger partial charge in [-0.15, -0.1) is 0 Å². The van der Waals surface area contributed by atoms with Crippen molar-refractivity contribution in [2.45, 2.75) is 37.8 Å². The summed E-state index contributed by atoms with van der Waals surface area (Å²) in [5.74, 6) is 0.220. The van der Waals surface area contributed by atoms with E-state index in [1.54, 1.807) is 11.9 Å². The molecular weight excluding hydrogens is 304 g/mol. The molecular formula is C19H26N2O3. The Morgan fingerprint density at radius 1 is 1.21 bits per heavy atom. The SMILES string of the molecule is CN(C)Cc1c(C(=O)N(C)CC2(O)CCCC2)oc2ccccc12. The highest BCUT2D eigenvalue weighted by atomic mass is 16.3. The smallest absolute Gasteiger partial charge is 0.289 e. The van der Waals surface area contributed by atoms with Gasteiger partial charge in [0.15, 0.2) is 5.76 Å². The van der Waals surface area contributed by atoms with E-state index in [1.807, 2.05) is 43.3 Å². The van der Waals surface area contributed by atoms with Crippen molar-refractivity contribution in [1.82, 2.24) is 9.80 Å². The molecule has 1 fully saturated rings. The van der Waals surface area contributed by atoms with E-state index in [1.165, 1.54) is 0 Å². The van der Waals surface area contributed by atoms with Crippen molar-refractivity contribution in [3.8, 4) is 0 Å². The quantitative estimate of drug-likeness (QED) is 0.916. The minimum Gasteiger partial charge on any atom is -0.451 e. The van der Waals surface area contributed by atoms with Crippen LogP contribution in [0.25, 0.3) is 11.0 Å². The fourth-order valence-electron chi connectivity index (χ4n) is 3.62. The van der Waals surface area contributed by atoms with Gasteiger partial charge in [-0.25, -0.2) is 0 Å². The maximum absolute atomic E-state index is 12.9. The van der Waals surface area contributed by atoms with Crippen LogP contribution in [0, 0.1) is 0 Å². The van der Waals surface area contributed by atoms with Crippen LogP contribution in [0.2, 0.25) is 0 Å². The highest BCUT2D eigenvalue weighted by Crippen LogP contribution is 2.32. The number of fused-ring (bicyclic) bond motifs is 1. The Balaban J connectivity index is 1.90. The maximum Gasteiger partial charge on any atom is 0.289 e. The lowest BCUT2D eigenvalue weighted by molar-refractivity contribution is 0.0146. The van der Waals surface area contributed by atoms with Gasteiger partial charge in [0, 0.05) is 31.1 Å². The zero-order valence-electron chi connectivity index (χ0n) is 14.7. The molecule has 0 unspecified atom stereocenters. The first-order valence-corrected chi connectivity index (χ1v) is 8.53. The number of carbonyl (C=O) groups excluding carboxylic acids is 1. The number of likely N-dealkylation sites (N-methyl/N-ethyl adjacent to an activating group) is 1. The summed E-state index contributed by atoms with van der Waals surface area (Å²) in [5.41, 5.74) is 0.884. The van der Waals surface area contributed by atoms with Crippen molar-refractivity contribution in [3.05, 3.63) is 35.6 Å². The summed E-state index contributed by atoms with van der Waals surface area (Å²) in [5, 5.41) is 11.6. The minimum atomic E-state index is -0.752. The maximum atomic E-state index is 12.9. The van der Waals surface area contributed by atoms with Gasteiger partial charge >= 0.3 is 0 Å². The lowest BCUT2D eigenvalue weighted by Crippen LogP contribution is -2.42. The number of carbonyl (C=O) groups is 1. The van der Waals surface area contributed by atoms with Crippen molar-refractivity contribution < 1.29 is 14.3 Å². The molecule has 1 amide bonds. The second kappa shape index (κ2) is 6.57. The summed E-state index contributed by atoms with van der Waals surface area (Å²) in [6.45, 7) is 0.987. The Morgan fingerprint density at radius 3 is 2.54 bits per heavy atom. The summed E-state index contributed by atoms with van der Waals surface area (Å²) >= 11 is 0. The summed E-state index contributed by atoms with van der Waals surface area (Å²) in [4.78, 5) is 16.6. The van der Waals surface area contributed by atoms with Crippen LogP contribution in [0.4, 0.5) is 0 Å². The van der Waals surface area contributed by atoms with Gasteiger partial charge in [-0.2, -0.15) is 0 Å². The summed E-state index contributed by atoms with van der Waals surface area (Å²) in [6, 6.07) is 7.73. The van der Waals surface area contributed by atoms with Crippen LogP contribution in [0.15, 0.2) is 28.7 Å². The van der Waals surface area contributed by atoms with E-state index in [4.69, 9.17) is 4.42 Å². The average Bonchev–Trinajstić information content (AvgIpc) is 3.11. The van der Waals surface area contributed by atoms with Crippen LogP contribution < -0.4 is 0 Å². The molecule has 1 N–H and O–H groups in total. The third kappa shape index (κ3) is 3.32. The largest absolute Gasteiger partial charge is 0.451 e. The van der Waals surface area contributed by atoms with Gasteiger partial charge in [-0.05, 0) is 33.0 Å². The zero-order chi connectivity index (χ0) is 17.3. The van der Waals surface area contributed by atoms with Crippen molar-refractivity contribution in [2.75, 3.05) is 27.7 Å². The van der Waals surface area contributed by atoms with Gasteiger partial charge in [0.25, 0.3) is 5.91 Å². The van der Waals surface area contributed by atoms with Crippen molar-refractivity contribution in [2.24, 2.45) is 0 Å². The standard InChI is InChI=1S/C19H26N2O3/c1-20(2)12-15-14-8-4-5-9-16(14)24-17(15)18(22)21(3)13-19(23)10-6-7-11-19/h4-5,8-9,23H,6-7,10-13H2,1-3H3. The lowest BCUT2D eigenvalue weighted by atomic mass is 10.0. The lowest BCUT2D eigenvalue weighted by Gasteiger charge is -2.28. The van der Waals surface area contributed by atoms with E-state index in [9.17, 15) is 9.90 Å². The molecule has 1 heterocycles. The van der Waals surface area contributed by atoms with Crippen LogP contribution in [-0.2, 0) is 6.54 Å². The first kappa shape index (κ1) is 17.0. The monoisotopic (exact) mass is 330 g/mol. The normalized spacial score (nSPS) is 16.9. The number of hydrogen-bond donors (Lipinski definition) is 1. The van der Waals surface area contributed by atoms with Crippen molar-refractivity contribution >= 4 is 16.9 Å².